The van der Waals surface area contributed by atoms with Gasteiger partial charge in [-0.1, -0.05) is 24.6 Å². The Kier molecular flexibility index (Phi) is 5.83. The van der Waals surface area contributed by atoms with Gasteiger partial charge in [0.05, 0.1) is 12.1 Å². The van der Waals surface area contributed by atoms with Crippen LogP contribution in [0.4, 0.5) is 5.69 Å². The third-order valence-corrected chi connectivity index (χ3v) is 5.00. The van der Waals surface area contributed by atoms with Crippen molar-refractivity contribution >= 4 is 34.1 Å². The van der Waals surface area contributed by atoms with Gasteiger partial charge in [0.1, 0.15) is 13.2 Å². The van der Waals surface area contributed by atoms with Crippen LogP contribution in [0.1, 0.15) is 12.5 Å². The summed E-state index contributed by atoms with van der Waals surface area (Å²) < 4.78 is 11.1. The maximum absolute atomic E-state index is 12.6. The van der Waals surface area contributed by atoms with Crippen molar-refractivity contribution in [2.75, 3.05) is 31.6 Å². The molecule has 0 unspecified atom stereocenters. The van der Waals surface area contributed by atoms with Gasteiger partial charge in [0, 0.05) is 34.9 Å². The summed E-state index contributed by atoms with van der Waals surface area (Å²) in [6, 6.07) is 13.1. The van der Waals surface area contributed by atoms with Gasteiger partial charge in [-0.05, 0) is 42.4 Å². The first-order valence-corrected chi connectivity index (χ1v) is 9.95. The molecular weight excluding hydrogens is 390 g/mol. The lowest BCUT2D eigenvalue weighted by Crippen LogP contribution is -2.32. The second kappa shape index (κ2) is 8.68. The highest BCUT2D eigenvalue weighted by Crippen LogP contribution is 2.32. The Bertz CT molecular complexity index is 1040. The largest absolute Gasteiger partial charge is 0.486 e. The minimum atomic E-state index is -0.0946. The van der Waals surface area contributed by atoms with Crippen molar-refractivity contribution in [1.29, 1.82) is 0 Å². The van der Waals surface area contributed by atoms with Gasteiger partial charge < -0.3 is 14.8 Å². The molecule has 1 aliphatic heterocycles. The topological polar surface area (TPSA) is 63.7 Å². The highest BCUT2D eigenvalue weighted by atomic mass is 35.5. The summed E-state index contributed by atoms with van der Waals surface area (Å²) in [5.41, 5.74) is 2.59. The summed E-state index contributed by atoms with van der Waals surface area (Å²) in [6.45, 7) is 4.63. The molecule has 150 valence electrons. The van der Waals surface area contributed by atoms with E-state index in [2.05, 4.69) is 10.3 Å². The minimum Gasteiger partial charge on any atom is -0.486 e. The number of halogens is 1. The van der Waals surface area contributed by atoms with E-state index in [-0.39, 0.29) is 12.5 Å². The number of ether oxygens (including phenoxy) is 2. The summed E-state index contributed by atoms with van der Waals surface area (Å²) in [6.07, 6.45) is 1.77. The van der Waals surface area contributed by atoms with Crippen molar-refractivity contribution in [2.45, 2.75) is 13.5 Å². The van der Waals surface area contributed by atoms with Crippen LogP contribution < -0.4 is 14.8 Å². The van der Waals surface area contributed by atoms with Gasteiger partial charge in [-0.2, -0.15) is 0 Å². The number of carbonyl (C=O) groups is 1. The molecule has 1 amide bonds. The number of likely N-dealkylation sites (N-methyl/N-ethyl adjacent to an activating group) is 1. The van der Waals surface area contributed by atoms with Crippen molar-refractivity contribution in [3.63, 3.8) is 0 Å². The van der Waals surface area contributed by atoms with E-state index in [9.17, 15) is 4.79 Å². The number of benzene rings is 2. The molecule has 3 aromatic rings. The molecular formula is C22H22ClN3O3. The quantitative estimate of drug-likeness (QED) is 0.661. The Balaban J connectivity index is 1.45. The summed E-state index contributed by atoms with van der Waals surface area (Å²) >= 11 is 6.27. The number of aromatic nitrogens is 1. The number of rotatable bonds is 6. The van der Waals surface area contributed by atoms with Gasteiger partial charge in [0.25, 0.3) is 0 Å². The molecule has 1 aliphatic rings. The van der Waals surface area contributed by atoms with E-state index in [1.54, 1.807) is 12.3 Å². The molecule has 0 saturated heterocycles. The fourth-order valence-electron chi connectivity index (χ4n) is 3.39. The molecule has 6 nitrogen and oxygen atoms in total. The zero-order chi connectivity index (χ0) is 20.2. The van der Waals surface area contributed by atoms with Crippen LogP contribution in [-0.2, 0) is 11.3 Å². The van der Waals surface area contributed by atoms with Crippen LogP contribution in [0.15, 0.2) is 48.7 Å². The maximum atomic E-state index is 12.6. The first kappa shape index (κ1) is 19.5. The lowest BCUT2D eigenvalue weighted by molar-refractivity contribution is -0.117. The fourth-order valence-corrected chi connectivity index (χ4v) is 3.64. The molecule has 0 aliphatic carbocycles. The Hall–Kier alpha value is -2.83. The molecule has 0 radical (unpaired) electrons. The van der Waals surface area contributed by atoms with E-state index in [1.165, 1.54) is 0 Å². The average Bonchev–Trinajstić information content (AvgIpc) is 2.73. The molecule has 29 heavy (non-hydrogen) atoms. The summed E-state index contributed by atoms with van der Waals surface area (Å²) in [7, 11) is 0. The Morgan fingerprint density at radius 2 is 2.00 bits per heavy atom. The van der Waals surface area contributed by atoms with E-state index in [0.29, 0.717) is 42.0 Å². The Morgan fingerprint density at radius 3 is 2.83 bits per heavy atom. The molecule has 4 rings (SSSR count). The predicted molar refractivity (Wildman–Crippen MR) is 114 cm³/mol. The van der Waals surface area contributed by atoms with Gasteiger partial charge in [-0.25, -0.2) is 0 Å². The Labute approximate surface area is 174 Å². The number of fused-ring (bicyclic) bond motifs is 2. The number of amides is 1. The third kappa shape index (κ3) is 4.60. The van der Waals surface area contributed by atoms with Gasteiger partial charge in [0.15, 0.2) is 11.5 Å². The van der Waals surface area contributed by atoms with E-state index in [1.807, 2.05) is 48.2 Å². The second-order valence-corrected chi connectivity index (χ2v) is 7.29. The molecule has 2 heterocycles. The monoisotopic (exact) mass is 411 g/mol. The highest BCUT2D eigenvalue weighted by molar-refractivity contribution is 6.31. The van der Waals surface area contributed by atoms with Crippen molar-refractivity contribution < 1.29 is 14.3 Å². The van der Waals surface area contributed by atoms with Crippen molar-refractivity contribution in [3.8, 4) is 11.5 Å². The van der Waals surface area contributed by atoms with E-state index < -0.39 is 0 Å². The normalized spacial score (nSPS) is 12.9. The number of nitrogens with zero attached hydrogens (tertiary/aromatic N) is 2. The van der Waals surface area contributed by atoms with E-state index in [0.717, 1.165) is 23.0 Å². The number of carbonyl (C=O) groups excluding carboxylic acids is 1. The lowest BCUT2D eigenvalue weighted by Gasteiger charge is -2.22. The van der Waals surface area contributed by atoms with Crippen molar-refractivity contribution in [3.05, 3.63) is 59.2 Å². The fraction of sp³-hybridized carbons (Fsp3) is 0.273. The molecule has 0 fully saturated rings. The van der Waals surface area contributed by atoms with Crippen molar-refractivity contribution in [2.24, 2.45) is 0 Å². The Morgan fingerprint density at radius 1 is 1.17 bits per heavy atom. The van der Waals surface area contributed by atoms with Crippen LogP contribution in [0.2, 0.25) is 5.02 Å². The summed E-state index contributed by atoms with van der Waals surface area (Å²) in [5.74, 6) is 1.26. The molecule has 1 N–H and O–H groups in total. The van der Waals surface area contributed by atoms with Crippen LogP contribution in [0.25, 0.3) is 10.9 Å². The zero-order valence-electron chi connectivity index (χ0n) is 16.2. The molecule has 0 saturated carbocycles. The maximum Gasteiger partial charge on any atom is 0.238 e. The van der Waals surface area contributed by atoms with Crippen LogP contribution in [0.3, 0.4) is 0 Å². The molecule has 2 aromatic carbocycles. The standard InChI is InChI=1S/C22H22ClN3O3/c1-2-26(13-16-11-17(23)10-15-4-3-7-24-22(15)16)14-21(27)25-18-5-6-19-20(12-18)29-9-8-28-19/h3-7,10-12H,2,8-9,13-14H2,1H3,(H,25,27). The summed E-state index contributed by atoms with van der Waals surface area (Å²) in [4.78, 5) is 19.1. The first-order chi connectivity index (χ1) is 14.1. The van der Waals surface area contributed by atoms with Crippen molar-refractivity contribution in [1.82, 2.24) is 9.88 Å². The van der Waals surface area contributed by atoms with Gasteiger partial charge in [-0.3, -0.25) is 14.7 Å². The number of pyridine rings is 1. The SMILES string of the molecule is CCN(CC(=O)Nc1ccc2c(c1)OCCO2)Cc1cc(Cl)cc2cccnc12. The molecule has 0 atom stereocenters. The minimum absolute atomic E-state index is 0.0946. The van der Waals surface area contributed by atoms with Crippen LogP contribution in [0.5, 0.6) is 11.5 Å². The lowest BCUT2D eigenvalue weighted by atomic mass is 10.1. The predicted octanol–water partition coefficient (Wildman–Crippen LogP) is 4.12. The second-order valence-electron chi connectivity index (χ2n) is 6.85. The molecule has 0 bridgehead atoms. The van der Waals surface area contributed by atoms with E-state index in [4.69, 9.17) is 21.1 Å². The van der Waals surface area contributed by atoms with Gasteiger partial charge in [-0.15, -0.1) is 0 Å². The molecule has 1 aromatic heterocycles. The smallest absolute Gasteiger partial charge is 0.238 e. The highest BCUT2D eigenvalue weighted by Gasteiger charge is 2.15. The number of hydrogen-bond acceptors (Lipinski definition) is 5. The number of anilines is 1. The third-order valence-electron chi connectivity index (χ3n) is 4.78. The van der Waals surface area contributed by atoms with Crippen LogP contribution >= 0.6 is 11.6 Å². The zero-order valence-corrected chi connectivity index (χ0v) is 16.9. The summed E-state index contributed by atoms with van der Waals surface area (Å²) in [5, 5.41) is 4.59. The van der Waals surface area contributed by atoms with Crippen LogP contribution in [-0.4, -0.2) is 42.1 Å². The first-order valence-electron chi connectivity index (χ1n) is 9.57. The van der Waals surface area contributed by atoms with Gasteiger partial charge in [0.2, 0.25) is 5.91 Å². The number of hydrogen-bond donors (Lipinski definition) is 1. The van der Waals surface area contributed by atoms with Gasteiger partial charge >= 0.3 is 0 Å². The van der Waals surface area contributed by atoms with E-state index >= 15 is 0 Å². The average molecular weight is 412 g/mol. The van der Waals surface area contributed by atoms with Crippen LogP contribution in [0, 0.1) is 0 Å². The molecule has 7 heteroatoms. The molecule has 0 spiro atoms. The number of nitrogens with one attached hydrogen (secondary N) is 1.